The molecule has 0 fully saturated rings. The second-order valence-electron chi connectivity index (χ2n) is 7.07. The van der Waals surface area contributed by atoms with Crippen LogP contribution in [-0.2, 0) is 6.42 Å². The Bertz CT molecular complexity index is 474. The molecule has 0 bridgehead atoms. The average Bonchev–Trinajstić information content (AvgIpc) is 2.51. The predicted octanol–water partition coefficient (Wildman–Crippen LogP) is 2.55. The highest BCUT2D eigenvalue weighted by atomic mass is 16.5. The Morgan fingerprint density at radius 1 is 1.13 bits per heavy atom. The van der Waals surface area contributed by atoms with Crippen molar-refractivity contribution in [3.63, 3.8) is 0 Å². The molecule has 1 aliphatic carbocycles. The van der Waals surface area contributed by atoms with E-state index in [0.29, 0.717) is 6.04 Å². The Kier molecular flexibility index (Phi) is 7.34. The summed E-state index contributed by atoms with van der Waals surface area (Å²) in [5, 5.41) is 3.71. The van der Waals surface area contributed by atoms with Gasteiger partial charge in [0.05, 0.1) is 6.61 Å². The van der Waals surface area contributed by atoms with Gasteiger partial charge in [-0.1, -0.05) is 6.07 Å². The van der Waals surface area contributed by atoms with Crippen molar-refractivity contribution in [3.8, 4) is 5.75 Å². The zero-order chi connectivity index (χ0) is 16.7. The molecule has 1 aromatic carbocycles. The first-order chi connectivity index (χ1) is 11.1. The lowest BCUT2D eigenvalue weighted by molar-refractivity contribution is 0.281. The number of aryl methyl sites for hydroxylation is 1. The molecule has 1 N–H and O–H groups in total. The van der Waals surface area contributed by atoms with Gasteiger partial charge in [-0.3, -0.25) is 0 Å². The Morgan fingerprint density at radius 2 is 1.91 bits per heavy atom. The predicted molar refractivity (Wildman–Crippen MR) is 97.3 cm³/mol. The number of likely N-dealkylation sites (N-methyl/N-ethyl adjacent to an activating group) is 1. The van der Waals surface area contributed by atoms with Gasteiger partial charge in [-0.15, -0.1) is 0 Å². The third kappa shape index (κ3) is 6.13. The van der Waals surface area contributed by atoms with Gasteiger partial charge in [0, 0.05) is 25.7 Å². The summed E-state index contributed by atoms with van der Waals surface area (Å²) in [6.45, 7) is 3.99. The molecule has 2 rings (SSSR count). The molecule has 0 radical (unpaired) electrons. The van der Waals surface area contributed by atoms with Crippen LogP contribution in [0.3, 0.4) is 0 Å². The van der Waals surface area contributed by atoms with Crippen molar-refractivity contribution < 1.29 is 4.74 Å². The van der Waals surface area contributed by atoms with Gasteiger partial charge in [0.2, 0.25) is 0 Å². The van der Waals surface area contributed by atoms with Crippen molar-refractivity contribution in [2.45, 2.75) is 31.7 Å². The van der Waals surface area contributed by atoms with E-state index >= 15 is 0 Å². The van der Waals surface area contributed by atoms with Crippen molar-refractivity contribution in [2.24, 2.45) is 0 Å². The van der Waals surface area contributed by atoms with Gasteiger partial charge in [-0.05, 0) is 77.1 Å². The second kappa shape index (κ2) is 9.26. The molecule has 0 aliphatic heterocycles. The molecular weight excluding hydrogens is 286 g/mol. The minimum absolute atomic E-state index is 0.501. The topological polar surface area (TPSA) is 27.7 Å². The van der Waals surface area contributed by atoms with Gasteiger partial charge in [-0.25, -0.2) is 0 Å². The lowest BCUT2D eigenvalue weighted by Crippen LogP contribution is -2.31. The van der Waals surface area contributed by atoms with Crippen LogP contribution in [0.25, 0.3) is 0 Å². The van der Waals surface area contributed by atoms with Crippen LogP contribution >= 0.6 is 0 Å². The normalized spacial score (nSPS) is 17.6. The molecule has 1 unspecified atom stereocenters. The van der Waals surface area contributed by atoms with Crippen molar-refractivity contribution in [1.29, 1.82) is 0 Å². The molecule has 0 spiro atoms. The van der Waals surface area contributed by atoms with E-state index in [9.17, 15) is 0 Å². The number of hydrogen-bond acceptors (Lipinski definition) is 4. The maximum Gasteiger partial charge on any atom is 0.119 e. The fourth-order valence-corrected chi connectivity index (χ4v) is 3.13. The highest BCUT2D eigenvalue weighted by molar-refractivity contribution is 5.39. The lowest BCUT2D eigenvalue weighted by atomic mass is 9.87. The Balaban J connectivity index is 1.88. The quantitative estimate of drug-likeness (QED) is 0.708. The van der Waals surface area contributed by atoms with Crippen molar-refractivity contribution in [2.75, 3.05) is 54.4 Å². The fraction of sp³-hybridized carbons (Fsp3) is 0.684. The molecule has 0 heterocycles. The van der Waals surface area contributed by atoms with Gasteiger partial charge in [0.15, 0.2) is 0 Å². The number of ether oxygens (including phenoxy) is 1. The molecule has 4 nitrogen and oxygen atoms in total. The van der Waals surface area contributed by atoms with Gasteiger partial charge < -0.3 is 19.9 Å². The van der Waals surface area contributed by atoms with E-state index in [1.807, 2.05) is 0 Å². The van der Waals surface area contributed by atoms with E-state index in [1.165, 1.54) is 30.4 Å². The molecule has 23 heavy (non-hydrogen) atoms. The number of nitrogens with zero attached hydrogens (tertiary/aromatic N) is 2. The van der Waals surface area contributed by atoms with Crippen LogP contribution < -0.4 is 10.1 Å². The Hall–Kier alpha value is -1.10. The first-order valence-electron chi connectivity index (χ1n) is 8.84. The van der Waals surface area contributed by atoms with Crippen LogP contribution in [0, 0.1) is 0 Å². The molecule has 4 heteroatoms. The first kappa shape index (κ1) is 18.2. The van der Waals surface area contributed by atoms with Gasteiger partial charge >= 0.3 is 0 Å². The van der Waals surface area contributed by atoms with E-state index in [2.05, 4.69) is 61.5 Å². The van der Waals surface area contributed by atoms with Crippen molar-refractivity contribution >= 4 is 0 Å². The maximum atomic E-state index is 5.92. The second-order valence-corrected chi connectivity index (χ2v) is 7.07. The third-order valence-corrected chi connectivity index (χ3v) is 4.40. The fourth-order valence-electron chi connectivity index (χ4n) is 3.13. The van der Waals surface area contributed by atoms with E-state index < -0.39 is 0 Å². The molecule has 1 aliphatic rings. The summed E-state index contributed by atoms with van der Waals surface area (Å²) in [6.07, 6.45) is 4.75. The molecule has 0 saturated carbocycles. The Labute approximate surface area is 141 Å². The molecule has 0 saturated heterocycles. The van der Waals surface area contributed by atoms with E-state index in [1.54, 1.807) is 0 Å². The summed E-state index contributed by atoms with van der Waals surface area (Å²) in [5.41, 5.74) is 2.93. The first-order valence-corrected chi connectivity index (χ1v) is 8.84. The monoisotopic (exact) mass is 319 g/mol. The Morgan fingerprint density at radius 3 is 2.65 bits per heavy atom. The maximum absolute atomic E-state index is 5.92. The minimum atomic E-state index is 0.501. The highest BCUT2D eigenvalue weighted by Crippen LogP contribution is 2.32. The van der Waals surface area contributed by atoms with Crippen LogP contribution in [0.2, 0.25) is 0 Å². The molecule has 1 atom stereocenters. The third-order valence-electron chi connectivity index (χ3n) is 4.40. The van der Waals surface area contributed by atoms with Crippen LogP contribution in [0.4, 0.5) is 0 Å². The van der Waals surface area contributed by atoms with E-state index in [-0.39, 0.29) is 0 Å². The standard InChI is InChI=1S/C19H33N3O/c1-21(2)12-6-14-23-17-9-10-18-16(15-17)7-5-8-19(18)20-11-13-22(3)4/h9-10,15,19-20H,5-8,11-14H2,1-4H3. The van der Waals surface area contributed by atoms with Crippen LogP contribution in [-0.4, -0.2) is 64.2 Å². The number of rotatable bonds is 9. The van der Waals surface area contributed by atoms with Crippen molar-refractivity contribution in [1.82, 2.24) is 15.1 Å². The summed E-state index contributed by atoms with van der Waals surface area (Å²) in [7, 11) is 8.44. The van der Waals surface area contributed by atoms with Gasteiger partial charge in [0.1, 0.15) is 5.75 Å². The number of nitrogens with one attached hydrogen (secondary N) is 1. The molecule has 130 valence electrons. The zero-order valence-corrected chi connectivity index (χ0v) is 15.3. The largest absolute Gasteiger partial charge is 0.494 e. The van der Waals surface area contributed by atoms with Crippen LogP contribution in [0.1, 0.15) is 36.4 Å². The molecule has 0 aromatic heterocycles. The summed E-state index contributed by atoms with van der Waals surface area (Å²) >= 11 is 0. The smallest absolute Gasteiger partial charge is 0.119 e. The summed E-state index contributed by atoms with van der Waals surface area (Å²) in [6, 6.07) is 7.16. The van der Waals surface area contributed by atoms with Gasteiger partial charge in [0.25, 0.3) is 0 Å². The number of benzene rings is 1. The van der Waals surface area contributed by atoms with E-state index in [4.69, 9.17) is 4.74 Å². The minimum Gasteiger partial charge on any atom is -0.494 e. The number of fused-ring (bicyclic) bond motifs is 1. The molecule has 0 amide bonds. The summed E-state index contributed by atoms with van der Waals surface area (Å²) in [4.78, 5) is 4.42. The van der Waals surface area contributed by atoms with Crippen LogP contribution in [0.5, 0.6) is 5.75 Å². The SMILES string of the molecule is CN(C)CCCOc1ccc2c(c1)CCCC2NCCN(C)C. The van der Waals surface area contributed by atoms with Crippen molar-refractivity contribution in [3.05, 3.63) is 29.3 Å². The molecule has 1 aromatic rings. The van der Waals surface area contributed by atoms with Crippen LogP contribution in [0.15, 0.2) is 18.2 Å². The lowest BCUT2D eigenvalue weighted by Gasteiger charge is -2.27. The summed E-state index contributed by atoms with van der Waals surface area (Å²) in [5.74, 6) is 1.02. The van der Waals surface area contributed by atoms with E-state index in [0.717, 1.165) is 38.4 Å². The number of hydrogen-bond donors (Lipinski definition) is 1. The highest BCUT2D eigenvalue weighted by Gasteiger charge is 2.20. The summed E-state index contributed by atoms with van der Waals surface area (Å²) < 4.78 is 5.92. The van der Waals surface area contributed by atoms with Gasteiger partial charge in [-0.2, -0.15) is 0 Å². The average molecular weight is 319 g/mol. The molecular formula is C19H33N3O. The zero-order valence-electron chi connectivity index (χ0n) is 15.3.